The van der Waals surface area contributed by atoms with Crippen LogP contribution in [-0.4, -0.2) is 59.7 Å². The maximum absolute atomic E-state index is 12.3. The van der Waals surface area contributed by atoms with E-state index in [-0.39, 0.29) is 11.9 Å². The minimum atomic E-state index is 0.180. The van der Waals surface area contributed by atoms with E-state index in [1.165, 1.54) is 0 Å². The Labute approximate surface area is 118 Å². The second-order valence-electron chi connectivity index (χ2n) is 5.56. The molecule has 6 heteroatoms. The molecule has 0 bridgehead atoms. The van der Waals surface area contributed by atoms with Crippen LogP contribution in [0, 0.1) is 0 Å². The van der Waals surface area contributed by atoms with E-state index >= 15 is 0 Å². The number of aromatic amines is 1. The number of amides is 1. The van der Waals surface area contributed by atoms with Gasteiger partial charge in [0.05, 0.1) is 13.2 Å². The van der Waals surface area contributed by atoms with Crippen molar-refractivity contribution in [2.24, 2.45) is 0 Å². The molecule has 0 aliphatic carbocycles. The second kappa shape index (κ2) is 6.37. The van der Waals surface area contributed by atoms with Gasteiger partial charge in [-0.25, -0.2) is 4.98 Å². The SMILES string of the molecule is O=C(CC1COCCN1)N1CCC(c2ncc[nH]2)CC1. The van der Waals surface area contributed by atoms with Crippen LogP contribution in [0.4, 0.5) is 0 Å². The van der Waals surface area contributed by atoms with Gasteiger partial charge in [-0.15, -0.1) is 0 Å². The lowest BCUT2D eigenvalue weighted by molar-refractivity contribution is -0.133. The number of imidazole rings is 1. The highest BCUT2D eigenvalue weighted by Gasteiger charge is 2.27. The number of rotatable bonds is 3. The van der Waals surface area contributed by atoms with E-state index in [0.717, 1.165) is 44.9 Å². The lowest BCUT2D eigenvalue weighted by atomic mass is 9.95. The molecule has 1 unspecified atom stereocenters. The Kier molecular flexibility index (Phi) is 4.32. The summed E-state index contributed by atoms with van der Waals surface area (Å²) in [6.07, 6.45) is 6.19. The molecule has 2 saturated heterocycles. The summed E-state index contributed by atoms with van der Waals surface area (Å²) in [5.41, 5.74) is 0. The third-order valence-corrected chi connectivity index (χ3v) is 4.17. The summed E-state index contributed by atoms with van der Waals surface area (Å²) in [5, 5.41) is 3.33. The lowest BCUT2D eigenvalue weighted by Gasteiger charge is -2.33. The van der Waals surface area contributed by atoms with Crippen LogP contribution in [0.5, 0.6) is 0 Å². The van der Waals surface area contributed by atoms with E-state index in [4.69, 9.17) is 4.74 Å². The molecule has 1 amide bonds. The Hall–Kier alpha value is -1.40. The van der Waals surface area contributed by atoms with Crippen molar-refractivity contribution in [3.63, 3.8) is 0 Å². The van der Waals surface area contributed by atoms with Crippen molar-refractivity contribution in [3.05, 3.63) is 18.2 Å². The maximum Gasteiger partial charge on any atom is 0.224 e. The minimum Gasteiger partial charge on any atom is -0.378 e. The number of carbonyl (C=O) groups excluding carboxylic acids is 1. The van der Waals surface area contributed by atoms with Crippen LogP contribution in [0.1, 0.15) is 31.0 Å². The molecule has 110 valence electrons. The van der Waals surface area contributed by atoms with Crippen molar-refractivity contribution in [1.82, 2.24) is 20.2 Å². The third-order valence-electron chi connectivity index (χ3n) is 4.17. The summed E-state index contributed by atoms with van der Waals surface area (Å²) < 4.78 is 5.39. The normalized spacial score (nSPS) is 24.8. The van der Waals surface area contributed by atoms with Crippen LogP contribution in [0.15, 0.2) is 12.4 Å². The van der Waals surface area contributed by atoms with Gasteiger partial charge in [0.15, 0.2) is 0 Å². The molecule has 0 radical (unpaired) electrons. The fraction of sp³-hybridized carbons (Fsp3) is 0.714. The molecule has 1 aromatic rings. The van der Waals surface area contributed by atoms with Crippen LogP contribution in [-0.2, 0) is 9.53 Å². The van der Waals surface area contributed by atoms with E-state index in [0.29, 0.717) is 18.9 Å². The zero-order chi connectivity index (χ0) is 13.8. The fourth-order valence-electron chi connectivity index (χ4n) is 2.99. The number of likely N-dealkylation sites (tertiary alicyclic amines) is 1. The second-order valence-corrected chi connectivity index (χ2v) is 5.56. The number of piperidine rings is 1. The first-order valence-electron chi connectivity index (χ1n) is 7.41. The van der Waals surface area contributed by atoms with Crippen molar-refractivity contribution < 1.29 is 9.53 Å². The first kappa shape index (κ1) is 13.6. The van der Waals surface area contributed by atoms with Crippen LogP contribution in [0.3, 0.4) is 0 Å². The van der Waals surface area contributed by atoms with Crippen molar-refractivity contribution in [1.29, 1.82) is 0 Å². The molecular weight excluding hydrogens is 256 g/mol. The highest BCUT2D eigenvalue weighted by atomic mass is 16.5. The summed E-state index contributed by atoms with van der Waals surface area (Å²) in [5.74, 6) is 1.76. The van der Waals surface area contributed by atoms with Crippen LogP contribution < -0.4 is 5.32 Å². The Balaban J connectivity index is 1.46. The first-order valence-corrected chi connectivity index (χ1v) is 7.41. The lowest BCUT2D eigenvalue weighted by Crippen LogP contribution is -2.46. The van der Waals surface area contributed by atoms with Gasteiger partial charge in [0, 0.05) is 50.4 Å². The standard InChI is InChI=1S/C14H22N4O2/c19-13(9-12-10-20-8-5-15-12)18-6-1-11(2-7-18)14-16-3-4-17-14/h3-4,11-12,15H,1-2,5-10H2,(H,16,17). The molecular formula is C14H22N4O2. The molecule has 0 saturated carbocycles. The summed E-state index contributed by atoms with van der Waals surface area (Å²) in [7, 11) is 0. The smallest absolute Gasteiger partial charge is 0.224 e. The van der Waals surface area contributed by atoms with Gasteiger partial charge < -0.3 is 19.9 Å². The highest BCUT2D eigenvalue weighted by Crippen LogP contribution is 2.25. The molecule has 2 aliphatic rings. The van der Waals surface area contributed by atoms with E-state index in [1.54, 1.807) is 6.20 Å². The molecule has 2 fully saturated rings. The van der Waals surface area contributed by atoms with Gasteiger partial charge >= 0.3 is 0 Å². The molecule has 3 rings (SSSR count). The number of nitrogens with zero attached hydrogens (tertiary/aromatic N) is 2. The fourth-order valence-corrected chi connectivity index (χ4v) is 2.99. The molecule has 3 heterocycles. The van der Waals surface area contributed by atoms with Gasteiger partial charge in [-0.2, -0.15) is 0 Å². The third kappa shape index (κ3) is 3.19. The number of hydrogen-bond donors (Lipinski definition) is 2. The molecule has 2 N–H and O–H groups in total. The van der Waals surface area contributed by atoms with Gasteiger partial charge in [0.2, 0.25) is 5.91 Å². The molecule has 2 aliphatic heterocycles. The number of carbonyl (C=O) groups is 1. The monoisotopic (exact) mass is 278 g/mol. The number of hydrogen-bond acceptors (Lipinski definition) is 4. The predicted octanol–water partition coefficient (Wildman–Crippen LogP) is 0.494. The average molecular weight is 278 g/mol. The largest absolute Gasteiger partial charge is 0.378 e. The van der Waals surface area contributed by atoms with Crippen LogP contribution in [0.2, 0.25) is 0 Å². The summed E-state index contributed by atoms with van der Waals surface area (Å²) >= 11 is 0. The van der Waals surface area contributed by atoms with Gasteiger partial charge in [0.25, 0.3) is 0 Å². The van der Waals surface area contributed by atoms with Gasteiger partial charge in [0.1, 0.15) is 5.82 Å². The Morgan fingerprint density at radius 1 is 1.45 bits per heavy atom. The zero-order valence-electron chi connectivity index (χ0n) is 11.7. The van der Waals surface area contributed by atoms with Gasteiger partial charge in [-0.3, -0.25) is 4.79 Å². The molecule has 6 nitrogen and oxygen atoms in total. The average Bonchev–Trinajstić information content (AvgIpc) is 3.03. The first-order chi connectivity index (χ1) is 9.83. The summed E-state index contributed by atoms with van der Waals surface area (Å²) in [6, 6.07) is 0.180. The maximum atomic E-state index is 12.3. The molecule has 0 aromatic carbocycles. The van der Waals surface area contributed by atoms with Crippen LogP contribution in [0.25, 0.3) is 0 Å². The number of H-pyrrole nitrogens is 1. The predicted molar refractivity (Wildman–Crippen MR) is 74.4 cm³/mol. The summed E-state index contributed by atoms with van der Waals surface area (Å²) in [6.45, 7) is 3.90. The number of ether oxygens (including phenoxy) is 1. The summed E-state index contributed by atoms with van der Waals surface area (Å²) in [4.78, 5) is 21.7. The van der Waals surface area contributed by atoms with Crippen molar-refractivity contribution in [3.8, 4) is 0 Å². The van der Waals surface area contributed by atoms with E-state index in [2.05, 4.69) is 15.3 Å². The topological polar surface area (TPSA) is 70.2 Å². The van der Waals surface area contributed by atoms with Crippen molar-refractivity contribution in [2.75, 3.05) is 32.8 Å². The molecule has 1 atom stereocenters. The van der Waals surface area contributed by atoms with Gasteiger partial charge in [-0.05, 0) is 12.8 Å². The Bertz CT molecular complexity index is 420. The van der Waals surface area contributed by atoms with Crippen molar-refractivity contribution in [2.45, 2.75) is 31.2 Å². The molecule has 0 spiro atoms. The molecule has 20 heavy (non-hydrogen) atoms. The number of aromatic nitrogens is 2. The van der Waals surface area contributed by atoms with Crippen LogP contribution >= 0.6 is 0 Å². The van der Waals surface area contributed by atoms with Gasteiger partial charge in [-0.1, -0.05) is 0 Å². The van der Waals surface area contributed by atoms with Crippen molar-refractivity contribution >= 4 is 5.91 Å². The Morgan fingerprint density at radius 2 is 2.30 bits per heavy atom. The zero-order valence-corrected chi connectivity index (χ0v) is 11.7. The van der Waals surface area contributed by atoms with E-state index in [1.807, 2.05) is 11.1 Å². The van der Waals surface area contributed by atoms with E-state index < -0.39 is 0 Å². The number of nitrogens with one attached hydrogen (secondary N) is 2. The molecule has 1 aromatic heterocycles. The Morgan fingerprint density at radius 3 is 2.95 bits per heavy atom. The highest BCUT2D eigenvalue weighted by molar-refractivity contribution is 5.77. The number of morpholine rings is 1. The minimum absolute atomic E-state index is 0.180. The van der Waals surface area contributed by atoms with E-state index in [9.17, 15) is 4.79 Å². The quantitative estimate of drug-likeness (QED) is 0.844.